The predicted octanol–water partition coefficient (Wildman–Crippen LogP) is 1.52. The highest BCUT2D eigenvalue weighted by molar-refractivity contribution is 4.94. The van der Waals surface area contributed by atoms with Crippen molar-refractivity contribution in [3.63, 3.8) is 0 Å². The summed E-state index contributed by atoms with van der Waals surface area (Å²) in [5.41, 5.74) is 0. The molecule has 0 amide bonds. The summed E-state index contributed by atoms with van der Waals surface area (Å²) in [5, 5.41) is 9.14. The summed E-state index contributed by atoms with van der Waals surface area (Å²) in [7, 11) is 0. The van der Waals surface area contributed by atoms with Gasteiger partial charge in [0.05, 0.1) is 6.10 Å². The second-order valence-electron chi connectivity index (χ2n) is 2.61. The first-order valence-electron chi connectivity index (χ1n) is 3.31. The zero-order valence-corrected chi connectivity index (χ0v) is 5.35. The minimum absolute atomic E-state index is 0.0799. The van der Waals surface area contributed by atoms with Gasteiger partial charge in [-0.2, -0.15) is 0 Å². The normalized spacial score (nSPS) is 33.0. The molecular formula is C7H13O. The standard InChI is InChI=1S/C7H13O/c1-6-4-2-3-5-7(6)8/h7-8H,2-5H2,1H3. The maximum Gasteiger partial charge on any atom is 0.0600 e. The molecule has 1 aliphatic rings. The van der Waals surface area contributed by atoms with E-state index in [1.54, 1.807) is 0 Å². The van der Waals surface area contributed by atoms with E-state index in [-0.39, 0.29) is 6.10 Å². The summed E-state index contributed by atoms with van der Waals surface area (Å²) in [6.07, 6.45) is 4.54. The lowest BCUT2D eigenvalue weighted by Crippen LogP contribution is -2.19. The van der Waals surface area contributed by atoms with E-state index in [1.165, 1.54) is 18.8 Å². The number of hydrogen-bond donors (Lipinski definition) is 1. The van der Waals surface area contributed by atoms with Crippen molar-refractivity contribution in [3.8, 4) is 0 Å². The van der Waals surface area contributed by atoms with Gasteiger partial charge in [-0.25, -0.2) is 0 Å². The Kier molecular flexibility index (Phi) is 1.90. The number of aliphatic hydroxyl groups excluding tert-OH is 1. The van der Waals surface area contributed by atoms with Crippen molar-refractivity contribution in [1.29, 1.82) is 0 Å². The van der Waals surface area contributed by atoms with Crippen LogP contribution in [0.1, 0.15) is 32.6 Å². The molecule has 0 heterocycles. The Morgan fingerprint density at radius 2 is 2.25 bits per heavy atom. The van der Waals surface area contributed by atoms with Crippen LogP contribution in [0.3, 0.4) is 0 Å². The van der Waals surface area contributed by atoms with Gasteiger partial charge in [0.1, 0.15) is 0 Å². The zero-order chi connectivity index (χ0) is 5.98. The first-order chi connectivity index (χ1) is 3.80. The van der Waals surface area contributed by atoms with Crippen LogP contribution in [0, 0.1) is 5.92 Å². The van der Waals surface area contributed by atoms with Gasteiger partial charge >= 0.3 is 0 Å². The fourth-order valence-electron chi connectivity index (χ4n) is 1.15. The minimum Gasteiger partial charge on any atom is -0.393 e. The molecule has 0 spiro atoms. The van der Waals surface area contributed by atoms with Crippen molar-refractivity contribution >= 4 is 0 Å². The van der Waals surface area contributed by atoms with E-state index in [1.807, 2.05) is 6.92 Å². The van der Waals surface area contributed by atoms with Crippen molar-refractivity contribution in [1.82, 2.24) is 0 Å². The van der Waals surface area contributed by atoms with E-state index in [0.29, 0.717) is 0 Å². The van der Waals surface area contributed by atoms with E-state index in [9.17, 15) is 0 Å². The van der Waals surface area contributed by atoms with E-state index in [0.717, 1.165) is 12.8 Å². The summed E-state index contributed by atoms with van der Waals surface area (Å²) in [6.45, 7) is 2.05. The molecule has 47 valence electrons. The quantitative estimate of drug-likeness (QED) is 0.505. The van der Waals surface area contributed by atoms with E-state index in [4.69, 9.17) is 5.11 Å². The Hall–Kier alpha value is -0.0400. The fraction of sp³-hybridized carbons (Fsp3) is 0.857. The van der Waals surface area contributed by atoms with Crippen LogP contribution < -0.4 is 0 Å². The second kappa shape index (κ2) is 2.49. The largest absolute Gasteiger partial charge is 0.393 e. The minimum atomic E-state index is -0.0799. The van der Waals surface area contributed by atoms with Crippen molar-refractivity contribution in [2.75, 3.05) is 0 Å². The molecule has 1 nitrogen and oxygen atoms in total. The van der Waals surface area contributed by atoms with Gasteiger partial charge in [-0.15, -0.1) is 0 Å². The van der Waals surface area contributed by atoms with Gasteiger partial charge in [0.2, 0.25) is 0 Å². The molecule has 0 aromatic rings. The highest BCUT2D eigenvalue weighted by atomic mass is 16.3. The number of rotatable bonds is 0. The van der Waals surface area contributed by atoms with Crippen LogP contribution >= 0.6 is 0 Å². The average Bonchev–Trinajstić information content (AvgIpc) is 1.77. The molecule has 1 radical (unpaired) electrons. The third-order valence-electron chi connectivity index (χ3n) is 1.87. The fourth-order valence-corrected chi connectivity index (χ4v) is 1.15. The molecule has 0 aromatic carbocycles. The second-order valence-corrected chi connectivity index (χ2v) is 2.61. The zero-order valence-electron chi connectivity index (χ0n) is 5.35. The van der Waals surface area contributed by atoms with Crippen molar-refractivity contribution in [2.45, 2.75) is 38.7 Å². The summed E-state index contributed by atoms with van der Waals surface area (Å²) in [5.74, 6) is 1.27. The van der Waals surface area contributed by atoms with Crippen molar-refractivity contribution < 1.29 is 5.11 Å². The van der Waals surface area contributed by atoms with Gasteiger partial charge in [0.25, 0.3) is 0 Å². The van der Waals surface area contributed by atoms with Gasteiger partial charge in [0.15, 0.2) is 0 Å². The molecule has 0 saturated heterocycles. The van der Waals surface area contributed by atoms with Crippen LogP contribution in [0.2, 0.25) is 0 Å². The highest BCUT2D eigenvalue weighted by Crippen LogP contribution is 2.24. The maximum atomic E-state index is 9.14. The molecular weight excluding hydrogens is 100 g/mol. The summed E-state index contributed by atoms with van der Waals surface area (Å²) >= 11 is 0. The van der Waals surface area contributed by atoms with Gasteiger partial charge in [-0.3, -0.25) is 0 Å². The molecule has 1 heteroatoms. The van der Waals surface area contributed by atoms with Crippen LogP contribution in [0.15, 0.2) is 0 Å². The van der Waals surface area contributed by atoms with Gasteiger partial charge < -0.3 is 5.11 Å². The van der Waals surface area contributed by atoms with Crippen LogP contribution in [-0.4, -0.2) is 11.2 Å². The molecule has 1 saturated carbocycles. The topological polar surface area (TPSA) is 20.2 Å². The lowest BCUT2D eigenvalue weighted by atomic mass is 9.88. The van der Waals surface area contributed by atoms with Crippen LogP contribution in [0.25, 0.3) is 0 Å². The van der Waals surface area contributed by atoms with Crippen molar-refractivity contribution in [2.24, 2.45) is 0 Å². The Bertz CT molecular complexity index is 60.8. The third-order valence-corrected chi connectivity index (χ3v) is 1.87. The molecule has 1 aliphatic carbocycles. The lowest BCUT2D eigenvalue weighted by Gasteiger charge is -2.22. The Morgan fingerprint density at radius 1 is 1.50 bits per heavy atom. The molecule has 1 N–H and O–H groups in total. The monoisotopic (exact) mass is 113 g/mol. The van der Waals surface area contributed by atoms with Crippen LogP contribution in [0.5, 0.6) is 0 Å². The van der Waals surface area contributed by atoms with Gasteiger partial charge in [-0.05, 0) is 12.8 Å². The molecule has 1 fully saturated rings. The molecule has 0 aromatic heterocycles. The molecule has 8 heavy (non-hydrogen) atoms. The van der Waals surface area contributed by atoms with Gasteiger partial charge in [-0.1, -0.05) is 19.8 Å². The summed E-state index contributed by atoms with van der Waals surface area (Å²) in [4.78, 5) is 0. The molecule has 0 aliphatic heterocycles. The molecule has 1 atom stereocenters. The van der Waals surface area contributed by atoms with E-state index < -0.39 is 0 Å². The summed E-state index contributed by atoms with van der Waals surface area (Å²) < 4.78 is 0. The lowest BCUT2D eigenvalue weighted by molar-refractivity contribution is 0.152. The van der Waals surface area contributed by atoms with Crippen molar-refractivity contribution in [3.05, 3.63) is 5.92 Å². The smallest absolute Gasteiger partial charge is 0.0600 e. The Balaban J connectivity index is 2.28. The first kappa shape index (κ1) is 6.09. The van der Waals surface area contributed by atoms with Crippen LogP contribution in [-0.2, 0) is 0 Å². The summed E-state index contributed by atoms with van der Waals surface area (Å²) in [6, 6.07) is 0. The highest BCUT2D eigenvalue weighted by Gasteiger charge is 2.17. The Morgan fingerprint density at radius 3 is 2.62 bits per heavy atom. The third kappa shape index (κ3) is 1.22. The average molecular weight is 113 g/mol. The molecule has 0 bridgehead atoms. The Labute approximate surface area is 50.7 Å². The SMILES string of the molecule is C[C]1CCCCC1O. The van der Waals surface area contributed by atoms with Gasteiger partial charge in [0, 0.05) is 5.92 Å². The predicted molar refractivity (Wildman–Crippen MR) is 33.4 cm³/mol. The first-order valence-corrected chi connectivity index (χ1v) is 3.31. The molecule has 1 rings (SSSR count). The van der Waals surface area contributed by atoms with E-state index in [2.05, 4.69) is 0 Å². The number of aliphatic hydroxyl groups is 1. The van der Waals surface area contributed by atoms with E-state index >= 15 is 0 Å². The number of hydrogen-bond acceptors (Lipinski definition) is 1. The maximum absolute atomic E-state index is 9.14. The molecule has 1 unspecified atom stereocenters. The van der Waals surface area contributed by atoms with Crippen LogP contribution in [0.4, 0.5) is 0 Å².